The van der Waals surface area contributed by atoms with Gasteiger partial charge >= 0.3 is 5.97 Å². The van der Waals surface area contributed by atoms with E-state index in [1.807, 2.05) is 0 Å². The summed E-state index contributed by atoms with van der Waals surface area (Å²) in [5.74, 6) is -1.29. The van der Waals surface area contributed by atoms with Crippen molar-refractivity contribution < 1.29 is 19.0 Å². The Morgan fingerprint density at radius 1 is 1.35 bits per heavy atom. The van der Waals surface area contributed by atoms with E-state index < -0.39 is 11.8 Å². The number of hydrogen-bond acceptors (Lipinski definition) is 2. The van der Waals surface area contributed by atoms with Crippen LogP contribution in [0.25, 0.3) is 11.1 Å². The van der Waals surface area contributed by atoms with Gasteiger partial charge in [0.15, 0.2) is 11.6 Å². The molecule has 0 fully saturated rings. The Morgan fingerprint density at radius 2 is 2.10 bits per heavy atom. The second kappa shape index (κ2) is 5.92. The van der Waals surface area contributed by atoms with Crippen LogP contribution in [0.1, 0.15) is 5.56 Å². The fourth-order valence-electron chi connectivity index (χ4n) is 1.91. The molecule has 0 saturated carbocycles. The zero-order valence-corrected chi connectivity index (χ0v) is 11.4. The predicted molar refractivity (Wildman–Crippen MR) is 74.7 cm³/mol. The van der Waals surface area contributed by atoms with Gasteiger partial charge in [-0.05, 0) is 23.3 Å². The average molecular weight is 295 g/mol. The van der Waals surface area contributed by atoms with Gasteiger partial charge in [-0.2, -0.15) is 0 Å². The monoisotopic (exact) mass is 294 g/mol. The molecule has 20 heavy (non-hydrogen) atoms. The van der Waals surface area contributed by atoms with Crippen molar-refractivity contribution >= 4 is 17.6 Å². The van der Waals surface area contributed by atoms with Gasteiger partial charge in [0, 0.05) is 10.6 Å². The average Bonchev–Trinajstić information content (AvgIpc) is 2.41. The number of benzene rings is 2. The first kappa shape index (κ1) is 14.3. The van der Waals surface area contributed by atoms with Gasteiger partial charge in [0.25, 0.3) is 0 Å². The third kappa shape index (κ3) is 2.91. The molecule has 0 heterocycles. The SMILES string of the molecule is COc1cccc(-c2ccc(CC(=O)O)c(Cl)c2)c1F. The number of halogens is 2. The molecule has 0 bridgehead atoms. The minimum atomic E-state index is -0.966. The largest absolute Gasteiger partial charge is 0.494 e. The Kier molecular flexibility index (Phi) is 4.25. The topological polar surface area (TPSA) is 46.5 Å². The minimum absolute atomic E-state index is 0.147. The van der Waals surface area contributed by atoms with Crippen LogP contribution in [0.4, 0.5) is 4.39 Å². The Morgan fingerprint density at radius 3 is 2.70 bits per heavy atom. The van der Waals surface area contributed by atoms with Crippen molar-refractivity contribution in [2.75, 3.05) is 7.11 Å². The third-order valence-corrected chi connectivity index (χ3v) is 3.24. The first-order valence-electron chi connectivity index (χ1n) is 5.86. The first-order valence-corrected chi connectivity index (χ1v) is 6.24. The molecule has 0 radical (unpaired) electrons. The minimum Gasteiger partial charge on any atom is -0.494 e. The molecular formula is C15H12ClFO3. The highest BCUT2D eigenvalue weighted by Gasteiger charge is 2.12. The van der Waals surface area contributed by atoms with E-state index in [-0.39, 0.29) is 12.2 Å². The number of hydrogen-bond donors (Lipinski definition) is 1. The Labute approximate surface area is 120 Å². The first-order chi connectivity index (χ1) is 9.52. The maximum Gasteiger partial charge on any atom is 0.307 e. The fourth-order valence-corrected chi connectivity index (χ4v) is 2.16. The molecule has 0 atom stereocenters. The zero-order valence-electron chi connectivity index (χ0n) is 10.7. The molecule has 0 saturated heterocycles. The molecule has 0 unspecified atom stereocenters. The maximum atomic E-state index is 14.1. The standard InChI is InChI=1S/C15H12ClFO3/c1-20-13-4-2-3-11(15(13)17)9-5-6-10(8-14(18)19)12(16)7-9/h2-7H,8H2,1H3,(H,18,19). The van der Waals surface area contributed by atoms with Crippen molar-refractivity contribution in [2.45, 2.75) is 6.42 Å². The van der Waals surface area contributed by atoms with E-state index in [1.54, 1.807) is 30.3 Å². The van der Waals surface area contributed by atoms with Crippen LogP contribution in [0.5, 0.6) is 5.75 Å². The van der Waals surface area contributed by atoms with E-state index >= 15 is 0 Å². The summed E-state index contributed by atoms with van der Waals surface area (Å²) in [4.78, 5) is 10.7. The van der Waals surface area contributed by atoms with E-state index in [0.717, 1.165) is 0 Å². The quantitative estimate of drug-likeness (QED) is 0.933. The van der Waals surface area contributed by atoms with Crippen molar-refractivity contribution in [2.24, 2.45) is 0 Å². The molecule has 0 aliphatic carbocycles. The smallest absolute Gasteiger partial charge is 0.307 e. The van der Waals surface area contributed by atoms with Gasteiger partial charge in [-0.15, -0.1) is 0 Å². The molecule has 0 spiro atoms. The van der Waals surface area contributed by atoms with Crippen molar-refractivity contribution in [3.63, 3.8) is 0 Å². The molecule has 2 aromatic carbocycles. The van der Waals surface area contributed by atoms with E-state index in [1.165, 1.54) is 13.2 Å². The highest BCUT2D eigenvalue weighted by atomic mass is 35.5. The predicted octanol–water partition coefficient (Wildman–Crippen LogP) is 3.78. The van der Waals surface area contributed by atoms with Crippen LogP contribution >= 0.6 is 11.6 Å². The highest BCUT2D eigenvalue weighted by Crippen LogP contribution is 2.31. The molecule has 0 aliphatic heterocycles. The van der Waals surface area contributed by atoms with Crippen LogP contribution in [-0.2, 0) is 11.2 Å². The van der Waals surface area contributed by atoms with Gasteiger partial charge in [0.05, 0.1) is 13.5 Å². The zero-order chi connectivity index (χ0) is 14.7. The van der Waals surface area contributed by atoms with Crippen LogP contribution < -0.4 is 4.74 Å². The van der Waals surface area contributed by atoms with Gasteiger partial charge in [0.1, 0.15) is 0 Å². The van der Waals surface area contributed by atoms with Gasteiger partial charge < -0.3 is 9.84 Å². The van der Waals surface area contributed by atoms with Gasteiger partial charge in [-0.3, -0.25) is 4.79 Å². The van der Waals surface area contributed by atoms with E-state index in [2.05, 4.69) is 0 Å². The van der Waals surface area contributed by atoms with Crippen molar-refractivity contribution in [3.05, 3.63) is 52.8 Å². The van der Waals surface area contributed by atoms with Gasteiger partial charge in [-0.1, -0.05) is 35.9 Å². The normalized spacial score (nSPS) is 10.3. The fraction of sp³-hybridized carbons (Fsp3) is 0.133. The van der Waals surface area contributed by atoms with Gasteiger partial charge in [0.2, 0.25) is 0 Å². The summed E-state index contributed by atoms with van der Waals surface area (Å²) in [5.41, 5.74) is 1.42. The molecule has 2 aromatic rings. The Bertz CT molecular complexity index is 656. The second-order valence-electron chi connectivity index (χ2n) is 4.20. The Balaban J connectivity index is 2.44. The summed E-state index contributed by atoms with van der Waals surface area (Å²) in [7, 11) is 1.39. The molecule has 0 aromatic heterocycles. The summed E-state index contributed by atoms with van der Waals surface area (Å²) in [5, 5.41) is 9.05. The van der Waals surface area contributed by atoms with Crippen LogP contribution in [0.2, 0.25) is 5.02 Å². The molecule has 1 N–H and O–H groups in total. The molecular weight excluding hydrogens is 283 g/mol. The summed E-state index contributed by atoms with van der Waals surface area (Å²) in [6.45, 7) is 0. The summed E-state index contributed by atoms with van der Waals surface area (Å²) < 4.78 is 19.1. The number of rotatable bonds is 4. The number of carboxylic acid groups (broad SMARTS) is 1. The lowest BCUT2D eigenvalue weighted by atomic mass is 10.0. The van der Waals surface area contributed by atoms with E-state index in [4.69, 9.17) is 21.4 Å². The number of ether oxygens (including phenoxy) is 1. The summed E-state index contributed by atoms with van der Waals surface area (Å²) in [6, 6.07) is 9.60. The van der Waals surface area contributed by atoms with Crippen LogP contribution in [0.15, 0.2) is 36.4 Å². The number of aliphatic carboxylic acids is 1. The van der Waals surface area contributed by atoms with Gasteiger partial charge in [-0.25, -0.2) is 4.39 Å². The molecule has 0 aliphatic rings. The van der Waals surface area contributed by atoms with E-state index in [0.29, 0.717) is 21.7 Å². The lowest BCUT2D eigenvalue weighted by Gasteiger charge is -2.09. The second-order valence-corrected chi connectivity index (χ2v) is 4.61. The highest BCUT2D eigenvalue weighted by molar-refractivity contribution is 6.31. The number of carbonyl (C=O) groups is 1. The maximum absolute atomic E-state index is 14.1. The summed E-state index contributed by atoms with van der Waals surface area (Å²) in [6.07, 6.45) is -0.167. The lowest BCUT2D eigenvalue weighted by molar-refractivity contribution is -0.136. The Hall–Kier alpha value is -2.07. The van der Waals surface area contributed by atoms with Crippen LogP contribution in [0.3, 0.4) is 0 Å². The van der Waals surface area contributed by atoms with E-state index in [9.17, 15) is 9.18 Å². The third-order valence-electron chi connectivity index (χ3n) is 2.89. The van der Waals surface area contributed by atoms with Crippen molar-refractivity contribution in [1.82, 2.24) is 0 Å². The van der Waals surface area contributed by atoms with Crippen molar-refractivity contribution in [1.29, 1.82) is 0 Å². The summed E-state index contributed by atoms with van der Waals surface area (Å²) >= 11 is 6.03. The molecule has 2 rings (SSSR count). The molecule has 0 amide bonds. The number of carboxylic acids is 1. The molecule has 5 heteroatoms. The number of methoxy groups -OCH3 is 1. The molecule has 3 nitrogen and oxygen atoms in total. The molecule has 104 valence electrons. The lowest BCUT2D eigenvalue weighted by Crippen LogP contribution is -2.00. The van der Waals surface area contributed by atoms with Crippen molar-refractivity contribution in [3.8, 4) is 16.9 Å². The van der Waals surface area contributed by atoms with Crippen LogP contribution in [-0.4, -0.2) is 18.2 Å². The van der Waals surface area contributed by atoms with Crippen LogP contribution in [0, 0.1) is 5.82 Å².